The van der Waals surface area contributed by atoms with Crippen molar-refractivity contribution in [2.75, 3.05) is 12.3 Å². The van der Waals surface area contributed by atoms with E-state index in [1.165, 1.54) is 0 Å². The average Bonchev–Trinajstić information content (AvgIpc) is 2.30. The third-order valence-electron chi connectivity index (χ3n) is 1.73. The number of nitrogens with zero attached hydrogens (tertiary/aromatic N) is 1. The van der Waals surface area contributed by atoms with Crippen molar-refractivity contribution < 1.29 is 9.90 Å². The van der Waals surface area contributed by atoms with E-state index in [-0.39, 0.29) is 11.3 Å². The molecule has 0 radical (unpaired) electrons. The Labute approximate surface area is 57.0 Å². The Morgan fingerprint density at radius 2 is 2.56 bits per heavy atom. The number of aliphatic hydroxyl groups is 1. The highest BCUT2D eigenvalue weighted by molar-refractivity contribution is 8.00. The van der Waals surface area contributed by atoms with E-state index in [4.69, 9.17) is 5.11 Å². The van der Waals surface area contributed by atoms with Crippen LogP contribution in [0, 0.1) is 0 Å². The largest absolute Gasteiger partial charge is 0.380 e. The maximum atomic E-state index is 10.7. The zero-order valence-electron chi connectivity index (χ0n) is 4.78. The molecule has 0 aromatic heterocycles. The molecule has 2 fully saturated rings. The van der Waals surface area contributed by atoms with Crippen molar-refractivity contribution in [2.24, 2.45) is 0 Å². The molecule has 0 saturated carbocycles. The second-order valence-electron chi connectivity index (χ2n) is 2.24. The minimum atomic E-state index is -0.697. The van der Waals surface area contributed by atoms with E-state index < -0.39 is 6.10 Å². The summed E-state index contributed by atoms with van der Waals surface area (Å²) in [5.41, 5.74) is 0. The first kappa shape index (κ1) is 5.56. The van der Waals surface area contributed by atoms with Gasteiger partial charge < -0.3 is 10.0 Å². The van der Waals surface area contributed by atoms with Gasteiger partial charge in [-0.1, -0.05) is 0 Å². The number of thioether (sulfide) groups is 1. The van der Waals surface area contributed by atoms with Crippen LogP contribution in [0.1, 0.15) is 0 Å². The molecule has 9 heavy (non-hydrogen) atoms. The summed E-state index contributed by atoms with van der Waals surface area (Å²) in [6.45, 7) is 0.825. The molecule has 2 unspecified atom stereocenters. The summed E-state index contributed by atoms with van der Waals surface area (Å²) < 4.78 is 0. The fraction of sp³-hybridized carbons (Fsp3) is 0.800. The van der Waals surface area contributed by atoms with Crippen molar-refractivity contribution in [1.29, 1.82) is 0 Å². The summed E-state index contributed by atoms with van der Waals surface area (Å²) in [5, 5.41) is 9.07. The Morgan fingerprint density at radius 1 is 1.78 bits per heavy atom. The molecule has 50 valence electrons. The number of carbonyl (C=O) groups is 1. The number of carbonyl (C=O) groups excluding carboxylic acids is 1. The SMILES string of the molecule is O=C1C(O)C2SCCN12. The van der Waals surface area contributed by atoms with Crippen molar-refractivity contribution in [1.82, 2.24) is 4.90 Å². The Kier molecular flexibility index (Phi) is 1.01. The number of rotatable bonds is 0. The Bertz CT molecular complexity index is 161. The monoisotopic (exact) mass is 145 g/mol. The number of β-lactam (4-membered cyclic amide) rings is 1. The van der Waals surface area contributed by atoms with Crippen molar-refractivity contribution in [2.45, 2.75) is 11.5 Å². The van der Waals surface area contributed by atoms with Crippen LogP contribution in [0.3, 0.4) is 0 Å². The third-order valence-corrected chi connectivity index (χ3v) is 3.01. The maximum absolute atomic E-state index is 10.7. The Balaban J connectivity index is 2.14. The Hall–Kier alpha value is -0.220. The standard InChI is InChI=1S/C5H7NO2S/c7-3-4(8)6-1-2-9-5(3)6/h3,5,7H,1-2H2. The first-order valence-corrected chi connectivity index (χ1v) is 3.96. The van der Waals surface area contributed by atoms with Gasteiger partial charge in [0.2, 0.25) is 0 Å². The van der Waals surface area contributed by atoms with Crippen LogP contribution in [0.15, 0.2) is 0 Å². The van der Waals surface area contributed by atoms with E-state index in [9.17, 15) is 4.79 Å². The number of hydrogen-bond donors (Lipinski definition) is 1. The van der Waals surface area contributed by atoms with Crippen molar-refractivity contribution in [3.63, 3.8) is 0 Å². The normalized spacial score (nSPS) is 40.6. The lowest BCUT2D eigenvalue weighted by Gasteiger charge is -2.37. The van der Waals surface area contributed by atoms with Gasteiger partial charge in [0.25, 0.3) is 5.91 Å². The number of fused-ring (bicyclic) bond motifs is 1. The lowest BCUT2D eigenvalue weighted by molar-refractivity contribution is -0.156. The Morgan fingerprint density at radius 3 is 3.22 bits per heavy atom. The van der Waals surface area contributed by atoms with Gasteiger partial charge in [0.15, 0.2) is 6.10 Å². The predicted octanol–water partition coefficient (Wildman–Crippen LogP) is -0.738. The lowest BCUT2D eigenvalue weighted by atomic mass is 10.1. The van der Waals surface area contributed by atoms with Crippen LogP contribution in [-0.2, 0) is 4.79 Å². The van der Waals surface area contributed by atoms with Crippen molar-refractivity contribution in [3.8, 4) is 0 Å². The smallest absolute Gasteiger partial charge is 0.255 e. The molecule has 0 aromatic rings. The van der Waals surface area contributed by atoms with Crippen LogP contribution in [0.2, 0.25) is 0 Å². The summed E-state index contributed by atoms with van der Waals surface area (Å²) in [6.07, 6.45) is -0.697. The topological polar surface area (TPSA) is 40.5 Å². The van der Waals surface area contributed by atoms with Crippen LogP contribution in [0.25, 0.3) is 0 Å². The predicted molar refractivity (Wildman–Crippen MR) is 34.0 cm³/mol. The van der Waals surface area contributed by atoms with Gasteiger partial charge in [0, 0.05) is 12.3 Å². The van der Waals surface area contributed by atoms with E-state index >= 15 is 0 Å². The molecule has 2 atom stereocenters. The molecule has 1 amide bonds. The number of hydrogen-bond acceptors (Lipinski definition) is 3. The van der Waals surface area contributed by atoms with Crippen LogP contribution in [0.5, 0.6) is 0 Å². The highest BCUT2D eigenvalue weighted by Crippen LogP contribution is 2.34. The fourth-order valence-electron chi connectivity index (χ4n) is 1.20. The van der Waals surface area contributed by atoms with Crippen LogP contribution in [0.4, 0.5) is 0 Å². The summed E-state index contributed by atoms with van der Waals surface area (Å²) in [7, 11) is 0. The summed E-state index contributed by atoms with van der Waals surface area (Å²) in [4.78, 5) is 12.4. The second kappa shape index (κ2) is 1.64. The molecule has 0 aliphatic carbocycles. The average molecular weight is 145 g/mol. The van der Waals surface area contributed by atoms with Crippen LogP contribution in [-0.4, -0.2) is 39.7 Å². The van der Waals surface area contributed by atoms with E-state index in [0.29, 0.717) is 0 Å². The quantitative estimate of drug-likeness (QED) is 0.456. The first-order chi connectivity index (χ1) is 4.30. The molecule has 4 heteroatoms. The minimum Gasteiger partial charge on any atom is -0.380 e. The maximum Gasteiger partial charge on any atom is 0.255 e. The molecule has 2 aliphatic heterocycles. The number of aliphatic hydroxyl groups excluding tert-OH is 1. The molecule has 0 bridgehead atoms. The van der Waals surface area contributed by atoms with Gasteiger partial charge in [-0.15, -0.1) is 11.8 Å². The molecule has 0 spiro atoms. The molecular formula is C5H7NO2S. The highest BCUT2D eigenvalue weighted by Gasteiger charge is 2.49. The van der Waals surface area contributed by atoms with Crippen molar-refractivity contribution >= 4 is 17.7 Å². The van der Waals surface area contributed by atoms with E-state index in [2.05, 4.69) is 0 Å². The van der Waals surface area contributed by atoms with E-state index in [1.807, 2.05) is 0 Å². The van der Waals surface area contributed by atoms with E-state index in [1.54, 1.807) is 16.7 Å². The van der Waals surface area contributed by atoms with Crippen LogP contribution < -0.4 is 0 Å². The van der Waals surface area contributed by atoms with Crippen molar-refractivity contribution in [3.05, 3.63) is 0 Å². The zero-order valence-corrected chi connectivity index (χ0v) is 5.60. The molecule has 2 heterocycles. The van der Waals surface area contributed by atoms with Gasteiger partial charge in [-0.05, 0) is 0 Å². The van der Waals surface area contributed by atoms with E-state index in [0.717, 1.165) is 12.3 Å². The van der Waals surface area contributed by atoms with Crippen LogP contribution >= 0.6 is 11.8 Å². The van der Waals surface area contributed by atoms with Gasteiger partial charge in [-0.2, -0.15) is 0 Å². The lowest BCUT2D eigenvalue weighted by Crippen LogP contribution is -2.60. The van der Waals surface area contributed by atoms with Gasteiger partial charge in [0.05, 0.1) is 0 Å². The molecule has 2 aliphatic rings. The molecule has 2 saturated heterocycles. The highest BCUT2D eigenvalue weighted by atomic mass is 32.2. The van der Waals surface area contributed by atoms with Gasteiger partial charge in [0.1, 0.15) is 5.37 Å². The molecule has 2 rings (SSSR count). The molecule has 0 aromatic carbocycles. The van der Waals surface area contributed by atoms with Gasteiger partial charge in [-0.3, -0.25) is 4.79 Å². The second-order valence-corrected chi connectivity index (χ2v) is 3.46. The minimum absolute atomic E-state index is 0.0926. The molecule has 1 N–H and O–H groups in total. The van der Waals surface area contributed by atoms with Gasteiger partial charge >= 0.3 is 0 Å². The summed E-state index contributed by atoms with van der Waals surface area (Å²) in [5.74, 6) is 0.887. The zero-order chi connectivity index (χ0) is 6.43. The summed E-state index contributed by atoms with van der Waals surface area (Å²) in [6, 6.07) is 0. The number of amides is 1. The van der Waals surface area contributed by atoms with Gasteiger partial charge in [-0.25, -0.2) is 0 Å². The summed E-state index contributed by atoms with van der Waals surface area (Å²) >= 11 is 1.66. The third kappa shape index (κ3) is 0.548. The molecular weight excluding hydrogens is 138 g/mol. The fourth-order valence-corrected chi connectivity index (χ4v) is 2.43. The first-order valence-electron chi connectivity index (χ1n) is 2.91. The molecule has 3 nitrogen and oxygen atoms in total.